The number of aromatic nitrogens is 3. The molecule has 0 aromatic carbocycles. The van der Waals surface area contributed by atoms with Gasteiger partial charge in [-0.2, -0.15) is 0 Å². The maximum Gasteiger partial charge on any atom is 0.272 e. The van der Waals surface area contributed by atoms with Gasteiger partial charge in [0.2, 0.25) is 11.8 Å². The van der Waals surface area contributed by atoms with Gasteiger partial charge in [-0.3, -0.25) is 4.79 Å². The molecule has 0 aliphatic heterocycles. The lowest BCUT2D eigenvalue weighted by molar-refractivity contribution is -0.120. The second kappa shape index (κ2) is 8.35. The number of anilines is 1. The highest BCUT2D eigenvalue weighted by Crippen LogP contribution is 2.28. The van der Waals surface area contributed by atoms with Crippen LogP contribution in [0.5, 0.6) is 5.88 Å². The Morgan fingerprint density at radius 2 is 2.07 bits per heavy atom. The molecule has 0 aliphatic rings. The zero-order valence-electron chi connectivity index (χ0n) is 17.3. The third-order valence-corrected chi connectivity index (χ3v) is 4.73. The molecule has 7 nitrogen and oxygen atoms in total. The SMILES string of the molecule is Cc1cc(C(C)n2cc3ccnc(NC(=O)C(C)(C)N)c3c2)cnc1OCC(F)F. The van der Waals surface area contributed by atoms with Crippen molar-refractivity contribution in [1.82, 2.24) is 14.5 Å². The summed E-state index contributed by atoms with van der Waals surface area (Å²) in [4.78, 5) is 20.7. The van der Waals surface area contributed by atoms with Crippen molar-refractivity contribution >= 4 is 22.5 Å². The van der Waals surface area contributed by atoms with Crippen molar-refractivity contribution in [3.05, 3.63) is 48.0 Å². The molecule has 30 heavy (non-hydrogen) atoms. The smallest absolute Gasteiger partial charge is 0.272 e. The van der Waals surface area contributed by atoms with E-state index in [1.807, 2.05) is 36.0 Å². The summed E-state index contributed by atoms with van der Waals surface area (Å²) in [6.45, 7) is 6.32. The monoisotopic (exact) mass is 417 g/mol. The molecule has 3 aromatic rings. The number of fused-ring (bicyclic) bond motifs is 1. The van der Waals surface area contributed by atoms with E-state index in [9.17, 15) is 13.6 Å². The molecular formula is C21H25F2N5O2. The van der Waals surface area contributed by atoms with Crippen molar-refractivity contribution in [2.75, 3.05) is 11.9 Å². The van der Waals surface area contributed by atoms with Crippen LogP contribution in [0.25, 0.3) is 10.8 Å². The molecule has 0 fully saturated rings. The number of nitrogens with two attached hydrogens (primary N) is 1. The third kappa shape index (κ3) is 4.73. The number of aryl methyl sites for hydroxylation is 1. The first-order valence-corrected chi connectivity index (χ1v) is 9.50. The van der Waals surface area contributed by atoms with E-state index >= 15 is 0 Å². The molecule has 160 valence electrons. The summed E-state index contributed by atoms with van der Waals surface area (Å²) in [5, 5.41) is 4.47. The summed E-state index contributed by atoms with van der Waals surface area (Å²) in [5.41, 5.74) is 6.40. The van der Waals surface area contributed by atoms with Crippen molar-refractivity contribution < 1.29 is 18.3 Å². The van der Waals surface area contributed by atoms with E-state index < -0.39 is 18.6 Å². The van der Waals surface area contributed by atoms with Gasteiger partial charge in [0.15, 0.2) is 6.61 Å². The third-order valence-electron chi connectivity index (χ3n) is 4.73. The molecule has 3 heterocycles. The van der Waals surface area contributed by atoms with E-state index in [-0.39, 0.29) is 17.8 Å². The molecular weight excluding hydrogens is 392 g/mol. The molecule has 9 heteroatoms. The number of carbonyl (C=O) groups excluding carboxylic acids is 1. The van der Waals surface area contributed by atoms with E-state index in [0.717, 1.165) is 16.3 Å². The van der Waals surface area contributed by atoms with Crippen LogP contribution < -0.4 is 15.8 Å². The van der Waals surface area contributed by atoms with Gasteiger partial charge in [0, 0.05) is 41.1 Å². The second-order valence-corrected chi connectivity index (χ2v) is 7.81. The Kier molecular flexibility index (Phi) is 6.02. The Labute approximate surface area is 173 Å². The first-order chi connectivity index (χ1) is 14.1. The highest BCUT2D eigenvalue weighted by molar-refractivity contribution is 6.03. The molecule has 1 atom stereocenters. The summed E-state index contributed by atoms with van der Waals surface area (Å²) in [6.07, 6.45) is 4.52. The van der Waals surface area contributed by atoms with E-state index in [1.165, 1.54) is 0 Å². The maximum absolute atomic E-state index is 12.4. The molecule has 1 unspecified atom stereocenters. The van der Waals surface area contributed by atoms with Crippen LogP contribution in [-0.4, -0.2) is 39.0 Å². The summed E-state index contributed by atoms with van der Waals surface area (Å²) >= 11 is 0. The fourth-order valence-corrected chi connectivity index (χ4v) is 2.95. The fourth-order valence-electron chi connectivity index (χ4n) is 2.95. The molecule has 3 aromatic heterocycles. The van der Waals surface area contributed by atoms with Gasteiger partial charge in [-0.1, -0.05) is 0 Å². The topological polar surface area (TPSA) is 95.1 Å². The van der Waals surface area contributed by atoms with Crippen LogP contribution in [0, 0.1) is 6.92 Å². The van der Waals surface area contributed by atoms with Gasteiger partial charge in [-0.25, -0.2) is 18.7 Å². The fraction of sp³-hybridized carbons (Fsp3) is 0.381. The zero-order valence-corrected chi connectivity index (χ0v) is 17.3. The van der Waals surface area contributed by atoms with E-state index in [1.54, 1.807) is 33.2 Å². The average molecular weight is 417 g/mol. The van der Waals surface area contributed by atoms with E-state index in [4.69, 9.17) is 10.5 Å². The standard InChI is InChI=1S/C21H25F2N5O2/c1-12-7-15(8-26-19(12)30-11-17(22)23)13(2)28-9-14-5-6-25-18(16(14)10-28)27-20(29)21(3,4)24/h5-10,13,17H,11,24H2,1-4H3,(H,25,27,29). The Hall–Kier alpha value is -3.07. The van der Waals surface area contributed by atoms with Crippen LogP contribution in [0.3, 0.4) is 0 Å². The molecule has 0 radical (unpaired) electrons. The van der Waals surface area contributed by atoms with Gasteiger partial charge in [-0.05, 0) is 45.4 Å². The van der Waals surface area contributed by atoms with Gasteiger partial charge in [-0.15, -0.1) is 0 Å². The molecule has 0 saturated heterocycles. The van der Waals surface area contributed by atoms with Crippen LogP contribution in [0.4, 0.5) is 14.6 Å². The predicted octanol–water partition coefficient (Wildman–Crippen LogP) is 3.67. The van der Waals surface area contributed by atoms with Crippen molar-refractivity contribution in [1.29, 1.82) is 0 Å². The number of alkyl halides is 2. The van der Waals surface area contributed by atoms with Crippen LogP contribution in [0.15, 0.2) is 36.9 Å². The number of pyridine rings is 2. The highest BCUT2D eigenvalue weighted by Gasteiger charge is 2.23. The number of rotatable bonds is 7. The summed E-state index contributed by atoms with van der Waals surface area (Å²) < 4.78 is 31.7. The largest absolute Gasteiger partial charge is 0.471 e. The van der Waals surface area contributed by atoms with Crippen molar-refractivity contribution in [2.24, 2.45) is 5.73 Å². The van der Waals surface area contributed by atoms with E-state index in [2.05, 4.69) is 15.3 Å². The molecule has 0 spiro atoms. The predicted molar refractivity (Wildman–Crippen MR) is 111 cm³/mol. The lowest BCUT2D eigenvalue weighted by Crippen LogP contribution is -2.45. The van der Waals surface area contributed by atoms with E-state index in [0.29, 0.717) is 11.4 Å². The van der Waals surface area contributed by atoms with Crippen molar-refractivity contribution in [2.45, 2.75) is 45.7 Å². The Bertz CT molecular complexity index is 1060. The number of hydrogen-bond acceptors (Lipinski definition) is 5. The number of ether oxygens (including phenoxy) is 1. The summed E-state index contributed by atoms with van der Waals surface area (Å²) in [7, 11) is 0. The second-order valence-electron chi connectivity index (χ2n) is 7.81. The molecule has 1 amide bonds. The number of nitrogens with zero attached hydrogens (tertiary/aromatic N) is 3. The highest BCUT2D eigenvalue weighted by atomic mass is 19.3. The van der Waals surface area contributed by atoms with Crippen LogP contribution in [-0.2, 0) is 4.79 Å². The van der Waals surface area contributed by atoms with Gasteiger partial charge in [0.25, 0.3) is 6.43 Å². The van der Waals surface area contributed by atoms with Crippen molar-refractivity contribution in [3.63, 3.8) is 0 Å². The van der Waals surface area contributed by atoms with Gasteiger partial charge >= 0.3 is 0 Å². The Morgan fingerprint density at radius 1 is 1.33 bits per heavy atom. The molecule has 0 saturated carbocycles. The molecule has 0 bridgehead atoms. The number of carbonyl (C=O) groups is 1. The Balaban J connectivity index is 1.87. The van der Waals surface area contributed by atoms with Gasteiger partial charge in [0.1, 0.15) is 5.82 Å². The molecule has 3 N–H and O–H groups in total. The zero-order chi connectivity index (χ0) is 22.1. The number of amides is 1. The van der Waals surface area contributed by atoms with Crippen molar-refractivity contribution in [3.8, 4) is 5.88 Å². The lowest BCUT2D eigenvalue weighted by atomic mass is 10.1. The van der Waals surface area contributed by atoms with Crippen LogP contribution >= 0.6 is 0 Å². The van der Waals surface area contributed by atoms with Crippen LogP contribution in [0.1, 0.15) is 37.9 Å². The first-order valence-electron chi connectivity index (χ1n) is 9.50. The number of hydrogen-bond donors (Lipinski definition) is 2. The number of halogens is 2. The summed E-state index contributed by atoms with van der Waals surface area (Å²) in [6, 6.07) is 3.62. The Morgan fingerprint density at radius 3 is 2.70 bits per heavy atom. The lowest BCUT2D eigenvalue weighted by Gasteiger charge is -2.17. The van der Waals surface area contributed by atoms with Gasteiger partial charge < -0.3 is 20.4 Å². The average Bonchev–Trinajstić information content (AvgIpc) is 3.10. The van der Waals surface area contributed by atoms with Gasteiger partial charge in [0.05, 0.1) is 11.6 Å². The van der Waals surface area contributed by atoms with Crippen LogP contribution in [0.2, 0.25) is 0 Å². The quantitative estimate of drug-likeness (QED) is 0.612. The maximum atomic E-state index is 12.4. The summed E-state index contributed by atoms with van der Waals surface area (Å²) in [5.74, 6) is 0.303. The first kappa shape index (κ1) is 21.6. The normalized spacial score (nSPS) is 12.9. The molecule has 3 rings (SSSR count). The minimum atomic E-state index is -2.55. The number of nitrogens with one attached hydrogen (secondary N) is 1. The minimum Gasteiger partial charge on any atom is -0.471 e. The molecule has 0 aliphatic carbocycles. The minimum absolute atomic E-state index is 0.0951.